The predicted octanol–water partition coefficient (Wildman–Crippen LogP) is 4.32. The van der Waals surface area contributed by atoms with Crippen LogP contribution in [0.5, 0.6) is 0 Å². The lowest BCUT2D eigenvalue weighted by molar-refractivity contribution is -0.125. The van der Waals surface area contributed by atoms with Crippen molar-refractivity contribution in [2.45, 2.75) is 88.8 Å². The van der Waals surface area contributed by atoms with Gasteiger partial charge in [0.25, 0.3) is 5.91 Å². The summed E-state index contributed by atoms with van der Waals surface area (Å²) >= 11 is 0. The summed E-state index contributed by atoms with van der Waals surface area (Å²) in [7, 11) is 0. The molecule has 0 bridgehead atoms. The highest BCUT2D eigenvalue weighted by molar-refractivity contribution is 5.98. The highest BCUT2D eigenvalue weighted by Crippen LogP contribution is 2.40. The van der Waals surface area contributed by atoms with Crippen molar-refractivity contribution in [1.82, 2.24) is 10.2 Å². The molecule has 3 atom stereocenters. The summed E-state index contributed by atoms with van der Waals surface area (Å²) in [6.45, 7) is 1.32. The van der Waals surface area contributed by atoms with Crippen molar-refractivity contribution in [3.8, 4) is 0 Å². The Hall–Kier alpha value is -1.88. The molecule has 1 saturated heterocycles. The summed E-state index contributed by atoms with van der Waals surface area (Å²) in [5.41, 5.74) is 0.683. The fourth-order valence-corrected chi connectivity index (χ4v) is 5.60. The first-order valence-electron chi connectivity index (χ1n) is 12.0. The van der Waals surface area contributed by atoms with Gasteiger partial charge in [0.15, 0.2) is 0 Å². The van der Waals surface area contributed by atoms with E-state index in [0.717, 1.165) is 32.1 Å². The van der Waals surface area contributed by atoms with Gasteiger partial charge in [-0.3, -0.25) is 9.59 Å². The lowest BCUT2D eigenvalue weighted by atomic mass is 9.84. The van der Waals surface area contributed by atoms with Gasteiger partial charge in [-0.05, 0) is 56.6 Å². The molecule has 3 fully saturated rings. The zero-order valence-corrected chi connectivity index (χ0v) is 18.1. The monoisotopic (exact) mass is 412 g/mol. The van der Waals surface area contributed by atoms with Crippen molar-refractivity contribution in [2.24, 2.45) is 5.92 Å². The maximum absolute atomic E-state index is 13.3. The summed E-state index contributed by atoms with van der Waals surface area (Å²) in [5.74, 6) is 0.467. The molecule has 30 heavy (non-hydrogen) atoms. The number of benzene rings is 1. The minimum Gasteiger partial charge on any atom is -0.378 e. The second-order valence-electron chi connectivity index (χ2n) is 9.22. The molecule has 3 aliphatic rings. The van der Waals surface area contributed by atoms with Crippen LogP contribution < -0.4 is 5.32 Å². The van der Waals surface area contributed by atoms with E-state index in [9.17, 15) is 9.59 Å². The minimum absolute atomic E-state index is 0.00535. The van der Waals surface area contributed by atoms with E-state index < -0.39 is 0 Å². The lowest BCUT2D eigenvalue weighted by Gasteiger charge is -2.33. The van der Waals surface area contributed by atoms with Crippen LogP contribution in [0.2, 0.25) is 0 Å². The van der Waals surface area contributed by atoms with Crippen LogP contribution in [0.15, 0.2) is 30.3 Å². The Morgan fingerprint density at radius 2 is 1.70 bits per heavy atom. The van der Waals surface area contributed by atoms with Gasteiger partial charge in [0, 0.05) is 24.8 Å². The molecule has 2 saturated carbocycles. The molecule has 1 aromatic carbocycles. The van der Waals surface area contributed by atoms with Gasteiger partial charge in [0.2, 0.25) is 5.91 Å². The van der Waals surface area contributed by atoms with Gasteiger partial charge in [-0.25, -0.2) is 0 Å². The molecule has 2 aliphatic carbocycles. The third kappa shape index (κ3) is 5.05. The smallest absolute Gasteiger partial charge is 0.254 e. The number of ether oxygens (including phenoxy) is 1. The number of fused-ring (bicyclic) bond motifs is 1. The maximum Gasteiger partial charge on any atom is 0.254 e. The first-order valence-corrected chi connectivity index (χ1v) is 12.0. The van der Waals surface area contributed by atoms with E-state index in [0.29, 0.717) is 30.7 Å². The van der Waals surface area contributed by atoms with Gasteiger partial charge < -0.3 is 15.0 Å². The number of likely N-dealkylation sites (tertiary alicyclic amines) is 1. The van der Waals surface area contributed by atoms with E-state index in [4.69, 9.17) is 4.74 Å². The third-order valence-electron chi connectivity index (χ3n) is 7.17. The Morgan fingerprint density at radius 3 is 2.50 bits per heavy atom. The quantitative estimate of drug-likeness (QED) is 0.679. The van der Waals surface area contributed by atoms with Crippen LogP contribution in [0.1, 0.15) is 81.0 Å². The second kappa shape index (κ2) is 10.4. The molecule has 0 radical (unpaired) electrons. The Labute approximate surface area is 180 Å². The van der Waals surface area contributed by atoms with Gasteiger partial charge in [-0.2, -0.15) is 0 Å². The van der Waals surface area contributed by atoms with Crippen molar-refractivity contribution in [3.63, 3.8) is 0 Å². The first kappa shape index (κ1) is 21.4. The van der Waals surface area contributed by atoms with E-state index >= 15 is 0 Å². The topological polar surface area (TPSA) is 58.6 Å². The summed E-state index contributed by atoms with van der Waals surface area (Å²) in [6, 6.07) is 9.28. The van der Waals surface area contributed by atoms with Crippen LogP contribution in [-0.2, 0) is 9.53 Å². The van der Waals surface area contributed by atoms with Gasteiger partial charge in [-0.15, -0.1) is 0 Å². The SMILES string of the molecule is O=C(NCCCOC1CCCCC1)C1CC2CCCCC2N1C(=O)c1ccccc1. The zero-order valence-electron chi connectivity index (χ0n) is 18.1. The number of nitrogens with one attached hydrogen (secondary N) is 1. The van der Waals surface area contributed by atoms with Crippen LogP contribution in [0.25, 0.3) is 0 Å². The Balaban J connectivity index is 1.32. The predicted molar refractivity (Wildman–Crippen MR) is 117 cm³/mol. The Bertz CT molecular complexity index is 702. The fourth-order valence-electron chi connectivity index (χ4n) is 5.60. The summed E-state index contributed by atoms with van der Waals surface area (Å²) in [5, 5.41) is 3.10. The van der Waals surface area contributed by atoms with Crippen LogP contribution >= 0.6 is 0 Å². The Kier molecular flexibility index (Phi) is 7.42. The van der Waals surface area contributed by atoms with E-state index in [-0.39, 0.29) is 23.9 Å². The number of amides is 2. The lowest BCUT2D eigenvalue weighted by Crippen LogP contribution is -2.49. The largest absolute Gasteiger partial charge is 0.378 e. The third-order valence-corrected chi connectivity index (χ3v) is 7.17. The van der Waals surface area contributed by atoms with Crippen molar-refractivity contribution >= 4 is 11.8 Å². The van der Waals surface area contributed by atoms with E-state index in [2.05, 4.69) is 5.32 Å². The van der Waals surface area contributed by atoms with Gasteiger partial charge in [0.1, 0.15) is 6.04 Å². The van der Waals surface area contributed by atoms with E-state index in [1.54, 1.807) is 0 Å². The van der Waals surface area contributed by atoms with Crippen LogP contribution in [0.3, 0.4) is 0 Å². The van der Waals surface area contributed by atoms with E-state index in [1.807, 2.05) is 35.2 Å². The number of hydrogen-bond donors (Lipinski definition) is 1. The molecule has 0 aromatic heterocycles. The standard InChI is InChI=1S/C25H36N2O3/c28-24(26-16-9-17-30-21-13-5-2-6-14-21)23-18-20-12-7-8-15-22(20)27(23)25(29)19-10-3-1-4-11-19/h1,3-4,10-11,20-23H,2,5-9,12-18H2,(H,26,28). The molecule has 0 spiro atoms. The molecule has 1 aliphatic heterocycles. The van der Waals surface area contributed by atoms with E-state index in [1.165, 1.54) is 38.5 Å². The number of hydrogen-bond acceptors (Lipinski definition) is 3. The summed E-state index contributed by atoms with van der Waals surface area (Å²) < 4.78 is 5.97. The summed E-state index contributed by atoms with van der Waals surface area (Å²) in [4.78, 5) is 28.3. The number of rotatable bonds is 7. The summed E-state index contributed by atoms with van der Waals surface area (Å²) in [6.07, 6.45) is 12.8. The van der Waals surface area contributed by atoms with Gasteiger partial charge >= 0.3 is 0 Å². The average molecular weight is 413 g/mol. The molecule has 1 heterocycles. The van der Waals surface area contributed by atoms with Crippen molar-refractivity contribution < 1.29 is 14.3 Å². The van der Waals surface area contributed by atoms with Gasteiger partial charge in [-0.1, -0.05) is 50.3 Å². The molecule has 4 rings (SSSR count). The molecule has 3 unspecified atom stereocenters. The zero-order chi connectivity index (χ0) is 20.8. The van der Waals surface area contributed by atoms with Crippen molar-refractivity contribution in [2.75, 3.05) is 13.2 Å². The first-order chi connectivity index (χ1) is 14.7. The fraction of sp³-hybridized carbons (Fsp3) is 0.680. The second-order valence-corrected chi connectivity index (χ2v) is 9.22. The van der Waals surface area contributed by atoms with Gasteiger partial charge in [0.05, 0.1) is 6.10 Å². The molecule has 2 amide bonds. The molecule has 5 heteroatoms. The molecular weight excluding hydrogens is 376 g/mol. The van der Waals surface area contributed by atoms with Crippen molar-refractivity contribution in [1.29, 1.82) is 0 Å². The molecule has 1 N–H and O–H groups in total. The number of nitrogens with zero attached hydrogens (tertiary/aromatic N) is 1. The normalized spacial score (nSPS) is 26.9. The number of carbonyl (C=O) groups is 2. The highest BCUT2D eigenvalue weighted by atomic mass is 16.5. The van der Waals surface area contributed by atoms with Crippen LogP contribution in [0.4, 0.5) is 0 Å². The molecule has 1 aromatic rings. The molecule has 164 valence electrons. The minimum atomic E-state index is -0.343. The van der Waals surface area contributed by atoms with Crippen LogP contribution in [0, 0.1) is 5.92 Å². The average Bonchev–Trinajstić information content (AvgIpc) is 3.19. The number of carbonyl (C=O) groups excluding carboxylic acids is 2. The maximum atomic E-state index is 13.3. The highest BCUT2D eigenvalue weighted by Gasteiger charge is 2.47. The molecular formula is C25H36N2O3. The van der Waals surface area contributed by atoms with Crippen molar-refractivity contribution in [3.05, 3.63) is 35.9 Å². The van der Waals surface area contributed by atoms with Crippen LogP contribution in [-0.4, -0.2) is 48.1 Å². The Morgan fingerprint density at radius 1 is 0.967 bits per heavy atom. The molecule has 5 nitrogen and oxygen atoms in total.